The fourth-order valence-electron chi connectivity index (χ4n) is 1.58. The van der Waals surface area contributed by atoms with Crippen molar-refractivity contribution in [3.63, 3.8) is 0 Å². The van der Waals surface area contributed by atoms with Crippen molar-refractivity contribution in [2.45, 2.75) is 39.3 Å². The highest BCUT2D eigenvalue weighted by Gasteiger charge is 2.37. The van der Waals surface area contributed by atoms with E-state index in [1.54, 1.807) is 27.7 Å². The molecular formula is C14H22N2O7. The first kappa shape index (κ1) is 20.6. The Morgan fingerprint density at radius 1 is 1.35 bits per heavy atom. The molecule has 9 heteroatoms. The minimum atomic E-state index is -1.62. The number of rotatable bonds is 7. The summed E-state index contributed by atoms with van der Waals surface area (Å²) in [5.41, 5.74) is -0.845. The summed E-state index contributed by atoms with van der Waals surface area (Å²) in [6.07, 6.45) is -0.353. The van der Waals surface area contributed by atoms with Gasteiger partial charge in [0.15, 0.2) is 0 Å². The van der Waals surface area contributed by atoms with E-state index in [1.165, 1.54) is 13.0 Å². The molecule has 23 heavy (non-hydrogen) atoms. The van der Waals surface area contributed by atoms with E-state index in [0.29, 0.717) is 6.08 Å². The van der Waals surface area contributed by atoms with Crippen molar-refractivity contribution in [2.75, 3.05) is 13.7 Å². The number of nitrogens with one attached hydrogen (secondary N) is 1. The van der Waals surface area contributed by atoms with E-state index < -0.39 is 35.5 Å². The molecule has 0 saturated heterocycles. The van der Waals surface area contributed by atoms with Crippen LogP contribution in [-0.2, 0) is 24.0 Å². The van der Waals surface area contributed by atoms with Gasteiger partial charge in [0.05, 0.1) is 6.61 Å². The zero-order valence-corrected chi connectivity index (χ0v) is 13.8. The van der Waals surface area contributed by atoms with Gasteiger partial charge in [0.25, 0.3) is 5.91 Å². The number of nitrogens with zero attached hydrogens (tertiary/aromatic N) is 1. The van der Waals surface area contributed by atoms with Gasteiger partial charge >= 0.3 is 12.1 Å². The molecule has 0 radical (unpaired) electrons. The maximum absolute atomic E-state index is 12.3. The van der Waals surface area contributed by atoms with Crippen molar-refractivity contribution in [1.29, 1.82) is 0 Å². The molecule has 9 nitrogen and oxygen atoms in total. The summed E-state index contributed by atoms with van der Waals surface area (Å²) in [4.78, 5) is 50.9. The predicted octanol–water partition coefficient (Wildman–Crippen LogP) is 0.378. The zero-order valence-electron chi connectivity index (χ0n) is 13.8. The molecule has 1 unspecified atom stereocenters. The lowest BCUT2D eigenvalue weighted by molar-refractivity contribution is -0.181. The normalized spacial score (nSPS) is 13.3. The van der Waals surface area contributed by atoms with Crippen molar-refractivity contribution in [3.8, 4) is 0 Å². The third-order valence-electron chi connectivity index (χ3n) is 2.46. The highest BCUT2D eigenvalue weighted by molar-refractivity contribution is 5.91. The first-order chi connectivity index (χ1) is 10.5. The maximum atomic E-state index is 12.3. The number of aliphatic carboxylic acids is 1. The molecule has 0 aliphatic heterocycles. The Morgan fingerprint density at radius 3 is 2.30 bits per heavy atom. The van der Waals surface area contributed by atoms with Crippen LogP contribution >= 0.6 is 0 Å². The van der Waals surface area contributed by atoms with Crippen molar-refractivity contribution < 1.29 is 33.9 Å². The number of hydroxylamine groups is 2. The molecular weight excluding hydrogens is 308 g/mol. The highest BCUT2D eigenvalue weighted by atomic mass is 16.7. The summed E-state index contributed by atoms with van der Waals surface area (Å²) < 4.78 is 5.00. The minimum absolute atomic E-state index is 0.155. The lowest BCUT2D eigenvalue weighted by atomic mass is 9.99. The van der Waals surface area contributed by atoms with E-state index in [-0.39, 0.29) is 6.61 Å². The number of likely N-dealkylation sites (N-methyl/N-ethyl adjacent to an activating group) is 1. The van der Waals surface area contributed by atoms with Gasteiger partial charge < -0.3 is 15.2 Å². The van der Waals surface area contributed by atoms with Gasteiger partial charge in [-0.2, -0.15) is 0 Å². The fourth-order valence-corrected chi connectivity index (χ4v) is 1.58. The quantitative estimate of drug-likeness (QED) is 0.511. The smallest absolute Gasteiger partial charge is 0.408 e. The average molecular weight is 330 g/mol. The van der Waals surface area contributed by atoms with Gasteiger partial charge in [-0.1, -0.05) is 0 Å². The third-order valence-corrected chi connectivity index (χ3v) is 2.46. The molecule has 2 amide bonds. The summed E-state index contributed by atoms with van der Waals surface area (Å²) in [5, 5.41) is 12.1. The number of carboxylic acid groups (broad SMARTS) is 1. The Morgan fingerprint density at radius 2 is 1.91 bits per heavy atom. The van der Waals surface area contributed by atoms with Gasteiger partial charge in [-0.25, -0.2) is 14.7 Å². The number of alkyl carbamates (subject to hydrolysis) is 1. The molecule has 0 bridgehead atoms. The number of ether oxygens (including phenoxy) is 1. The SMILES string of the molecule is CCON(C)C(=O)C(NC(=O)OC(C)(C)C)[C@H](C=C=O)C(=O)O. The van der Waals surface area contributed by atoms with Gasteiger partial charge in [-0.15, -0.1) is 0 Å². The van der Waals surface area contributed by atoms with E-state index in [9.17, 15) is 19.2 Å². The number of hydrogen-bond donors (Lipinski definition) is 2. The second kappa shape index (κ2) is 8.92. The molecule has 0 aromatic rings. The van der Waals surface area contributed by atoms with Gasteiger partial charge in [-0.05, 0) is 27.7 Å². The van der Waals surface area contributed by atoms with Crippen molar-refractivity contribution in [1.82, 2.24) is 10.4 Å². The Labute approximate surface area is 134 Å². The zero-order chi connectivity index (χ0) is 18.2. The molecule has 130 valence electrons. The van der Waals surface area contributed by atoms with Crippen molar-refractivity contribution >= 4 is 23.9 Å². The number of amides is 2. The molecule has 0 aromatic heterocycles. The predicted molar refractivity (Wildman–Crippen MR) is 78.9 cm³/mol. The van der Waals surface area contributed by atoms with Crippen LogP contribution in [0.1, 0.15) is 27.7 Å². The average Bonchev–Trinajstić information content (AvgIpc) is 2.39. The first-order valence-corrected chi connectivity index (χ1v) is 6.87. The first-order valence-electron chi connectivity index (χ1n) is 6.87. The Bertz CT molecular complexity index is 490. The van der Waals surface area contributed by atoms with Crippen LogP contribution < -0.4 is 5.32 Å². The van der Waals surface area contributed by atoms with Gasteiger partial charge in [0.1, 0.15) is 23.5 Å². The molecule has 0 aliphatic carbocycles. The second-order valence-corrected chi connectivity index (χ2v) is 5.53. The van der Waals surface area contributed by atoms with Crippen LogP contribution in [0.15, 0.2) is 6.08 Å². The van der Waals surface area contributed by atoms with Crippen LogP contribution in [0.3, 0.4) is 0 Å². The minimum Gasteiger partial charge on any atom is -0.481 e. The molecule has 0 fully saturated rings. The lowest BCUT2D eigenvalue weighted by Crippen LogP contribution is -2.53. The monoisotopic (exact) mass is 330 g/mol. The van der Waals surface area contributed by atoms with E-state index in [2.05, 4.69) is 5.32 Å². The molecule has 0 aromatic carbocycles. The molecule has 0 aliphatic rings. The van der Waals surface area contributed by atoms with E-state index in [0.717, 1.165) is 5.06 Å². The van der Waals surface area contributed by atoms with Crippen molar-refractivity contribution in [3.05, 3.63) is 6.08 Å². The summed E-state index contributed by atoms with van der Waals surface area (Å²) >= 11 is 0. The Kier molecular flexibility index (Phi) is 7.99. The largest absolute Gasteiger partial charge is 0.481 e. The third kappa shape index (κ3) is 7.44. The molecule has 0 heterocycles. The van der Waals surface area contributed by atoms with E-state index in [1.807, 2.05) is 0 Å². The van der Waals surface area contributed by atoms with Gasteiger partial charge in [0, 0.05) is 13.1 Å². The maximum Gasteiger partial charge on any atom is 0.408 e. The number of hydrogen-bond acceptors (Lipinski definition) is 6. The standard InChI is InChI=1S/C14H22N2O7/c1-6-22-16(5)11(18)10(9(7-8-17)12(19)20)15-13(21)23-14(2,3)4/h7,9-10H,6H2,1-5H3,(H,15,21)(H,19,20)/t9-,10?/m0/s1. The summed E-state index contributed by atoms with van der Waals surface area (Å²) in [5.74, 6) is -2.63. The van der Waals surface area contributed by atoms with Gasteiger partial charge in [-0.3, -0.25) is 14.4 Å². The van der Waals surface area contributed by atoms with Crippen LogP contribution in [0.25, 0.3) is 0 Å². The summed E-state index contributed by atoms with van der Waals surface area (Å²) in [7, 11) is 1.26. The molecule has 2 atom stereocenters. The number of carboxylic acids is 1. The van der Waals surface area contributed by atoms with Crippen LogP contribution in [0.4, 0.5) is 4.79 Å². The Balaban J connectivity index is 5.44. The number of carbonyl (C=O) groups excluding carboxylic acids is 3. The highest BCUT2D eigenvalue weighted by Crippen LogP contribution is 2.12. The molecule has 0 saturated carbocycles. The van der Waals surface area contributed by atoms with Crippen LogP contribution in [0.2, 0.25) is 0 Å². The topological polar surface area (TPSA) is 122 Å². The summed E-state index contributed by atoms with van der Waals surface area (Å²) in [6, 6.07) is -1.58. The summed E-state index contributed by atoms with van der Waals surface area (Å²) in [6.45, 7) is 6.60. The molecule has 2 N–H and O–H groups in total. The fraction of sp³-hybridized carbons (Fsp3) is 0.643. The van der Waals surface area contributed by atoms with Crippen molar-refractivity contribution in [2.24, 2.45) is 5.92 Å². The van der Waals surface area contributed by atoms with E-state index >= 15 is 0 Å². The number of carbonyl (C=O) groups is 3. The van der Waals surface area contributed by atoms with Crippen LogP contribution in [0.5, 0.6) is 0 Å². The molecule has 0 rings (SSSR count). The van der Waals surface area contributed by atoms with E-state index in [4.69, 9.17) is 14.7 Å². The second-order valence-electron chi connectivity index (χ2n) is 5.53. The molecule has 0 spiro atoms. The van der Waals surface area contributed by atoms with Gasteiger partial charge in [0.2, 0.25) is 0 Å². The van der Waals surface area contributed by atoms with Crippen LogP contribution in [-0.4, -0.2) is 59.4 Å². The Hall–Kier alpha value is -2.38. The van der Waals surface area contributed by atoms with Crippen LogP contribution in [0, 0.1) is 5.92 Å². The lowest BCUT2D eigenvalue weighted by Gasteiger charge is -2.27.